The van der Waals surface area contributed by atoms with Crippen molar-refractivity contribution < 1.29 is 9.59 Å². The Morgan fingerprint density at radius 2 is 2.18 bits per heavy atom. The van der Waals surface area contributed by atoms with Crippen LogP contribution in [-0.2, 0) is 9.59 Å². The zero-order chi connectivity index (χ0) is 8.85. The molecule has 0 aliphatic carbocycles. The standard InChI is InChI=1S/C6H11ClN2O2/c1-4(5(10)2-7)9-6(11)3-8/h4H,2-3,8H2,1H3,(H,9,11). The van der Waals surface area contributed by atoms with Crippen molar-refractivity contribution in [2.75, 3.05) is 12.4 Å². The predicted molar refractivity (Wildman–Crippen MR) is 42.4 cm³/mol. The van der Waals surface area contributed by atoms with Crippen LogP contribution >= 0.6 is 11.6 Å². The van der Waals surface area contributed by atoms with Gasteiger partial charge in [-0.3, -0.25) is 9.59 Å². The largest absolute Gasteiger partial charge is 0.345 e. The van der Waals surface area contributed by atoms with E-state index in [9.17, 15) is 9.59 Å². The molecule has 0 aromatic rings. The number of nitrogens with two attached hydrogens (primary N) is 1. The van der Waals surface area contributed by atoms with Gasteiger partial charge in [-0.05, 0) is 6.92 Å². The third-order valence-corrected chi connectivity index (χ3v) is 1.44. The summed E-state index contributed by atoms with van der Waals surface area (Å²) >= 11 is 5.24. The minimum atomic E-state index is -0.538. The van der Waals surface area contributed by atoms with Gasteiger partial charge in [-0.1, -0.05) is 0 Å². The molecule has 0 aliphatic heterocycles. The van der Waals surface area contributed by atoms with Crippen LogP contribution in [0.25, 0.3) is 0 Å². The second-order valence-corrected chi connectivity index (χ2v) is 2.36. The summed E-state index contributed by atoms with van der Waals surface area (Å²) in [5.74, 6) is -0.657. The molecule has 0 spiro atoms. The first-order chi connectivity index (χ1) is 5.11. The van der Waals surface area contributed by atoms with E-state index in [4.69, 9.17) is 17.3 Å². The molecule has 1 unspecified atom stereocenters. The maximum atomic E-state index is 10.8. The summed E-state index contributed by atoms with van der Waals surface area (Å²) < 4.78 is 0. The van der Waals surface area contributed by atoms with Gasteiger partial charge in [-0.15, -0.1) is 11.6 Å². The summed E-state index contributed by atoms with van der Waals surface area (Å²) in [6.45, 7) is 1.46. The predicted octanol–water partition coefficient (Wildman–Crippen LogP) is -0.742. The Kier molecular flexibility index (Phi) is 4.81. The Bertz CT molecular complexity index is 161. The van der Waals surface area contributed by atoms with Crippen molar-refractivity contribution in [2.24, 2.45) is 5.73 Å². The van der Waals surface area contributed by atoms with Gasteiger partial charge < -0.3 is 11.1 Å². The summed E-state index contributed by atoms with van der Waals surface area (Å²) in [4.78, 5) is 21.4. The van der Waals surface area contributed by atoms with Crippen LogP contribution in [0.4, 0.5) is 0 Å². The fraction of sp³-hybridized carbons (Fsp3) is 0.667. The molecule has 64 valence electrons. The molecule has 5 heteroatoms. The first kappa shape index (κ1) is 10.4. The number of nitrogens with one attached hydrogen (secondary N) is 1. The summed E-state index contributed by atoms with van der Waals surface area (Å²) in [5.41, 5.74) is 5.01. The number of carbonyl (C=O) groups excluding carboxylic acids is 2. The highest BCUT2D eigenvalue weighted by Crippen LogP contribution is 1.87. The zero-order valence-electron chi connectivity index (χ0n) is 6.26. The molecule has 1 amide bonds. The lowest BCUT2D eigenvalue weighted by atomic mass is 10.2. The summed E-state index contributed by atoms with van der Waals surface area (Å²) in [5, 5.41) is 2.38. The molecule has 0 aromatic carbocycles. The highest BCUT2D eigenvalue weighted by Gasteiger charge is 2.12. The molecule has 0 fully saturated rings. The van der Waals surface area contributed by atoms with Gasteiger partial charge in [0.2, 0.25) is 5.91 Å². The van der Waals surface area contributed by atoms with Crippen molar-refractivity contribution in [3.63, 3.8) is 0 Å². The van der Waals surface area contributed by atoms with E-state index in [0.717, 1.165) is 0 Å². The Morgan fingerprint density at radius 3 is 2.55 bits per heavy atom. The van der Waals surface area contributed by atoms with Crippen LogP contribution in [0, 0.1) is 0 Å². The van der Waals surface area contributed by atoms with Crippen molar-refractivity contribution in [1.82, 2.24) is 5.32 Å². The van der Waals surface area contributed by atoms with Crippen molar-refractivity contribution in [3.05, 3.63) is 0 Å². The van der Waals surface area contributed by atoms with E-state index in [1.807, 2.05) is 0 Å². The molecule has 4 nitrogen and oxygen atoms in total. The van der Waals surface area contributed by atoms with Crippen LogP contribution in [0.3, 0.4) is 0 Å². The zero-order valence-corrected chi connectivity index (χ0v) is 7.02. The smallest absolute Gasteiger partial charge is 0.234 e. The van der Waals surface area contributed by atoms with Crippen molar-refractivity contribution in [1.29, 1.82) is 0 Å². The van der Waals surface area contributed by atoms with Crippen molar-refractivity contribution in [3.8, 4) is 0 Å². The van der Waals surface area contributed by atoms with Crippen LogP contribution < -0.4 is 11.1 Å². The minimum absolute atomic E-state index is 0.0913. The first-order valence-corrected chi connectivity index (χ1v) is 3.73. The average molecular weight is 179 g/mol. The van der Waals surface area contributed by atoms with Gasteiger partial charge in [-0.25, -0.2) is 0 Å². The highest BCUT2D eigenvalue weighted by atomic mass is 35.5. The minimum Gasteiger partial charge on any atom is -0.345 e. The number of hydrogen-bond acceptors (Lipinski definition) is 3. The average Bonchev–Trinajstić information content (AvgIpc) is 2.02. The number of halogens is 1. The monoisotopic (exact) mass is 178 g/mol. The number of alkyl halides is 1. The van der Waals surface area contributed by atoms with E-state index < -0.39 is 6.04 Å². The second kappa shape index (κ2) is 5.09. The Labute approximate surface area is 70.1 Å². The second-order valence-electron chi connectivity index (χ2n) is 2.09. The molecule has 0 saturated carbocycles. The van der Waals surface area contributed by atoms with E-state index in [1.54, 1.807) is 6.92 Å². The topological polar surface area (TPSA) is 72.2 Å². The van der Waals surface area contributed by atoms with E-state index in [2.05, 4.69) is 5.32 Å². The molecule has 0 rings (SSSR count). The quantitative estimate of drug-likeness (QED) is 0.557. The van der Waals surface area contributed by atoms with Gasteiger partial charge in [0.05, 0.1) is 18.5 Å². The molecular weight excluding hydrogens is 168 g/mol. The molecule has 0 saturated heterocycles. The van der Waals surface area contributed by atoms with Crippen LogP contribution in [-0.4, -0.2) is 30.2 Å². The SMILES string of the molecule is CC(NC(=O)CN)C(=O)CCl. The summed E-state index contributed by atoms with van der Waals surface area (Å²) in [6.07, 6.45) is 0. The van der Waals surface area contributed by atoms with Gasteiger partial charge in [0.1, 0.15) is 0 Å². The molecular formula is C6H11ClN2O2. The van der Waals surface area contributed by atoms with Crippen LogP contribution in [0.5, 0.6) is 0 Å². The Balaban J connectivity index is 3.77. The van der Waals surface area contributed by atoms with Gasteiger partial charge in [0.25, 0.3) is 0 Å². The van der Waals surface area contributed by atoms with E-state index in [0.29, 0.717) is 0 Å². The number of Topliss-reactive ketones (excluding diaryl/α,β-unsaturated/α-hetero) is 1. The Morgan fingerprint density at radius 1 is 1.64 bits per heavy atom. The fourth-order valence-corrected chi connectivity index (χ4v) is 0.728. The molecule has 11 heavy (non-hydrogen) atoms. The van der Waals surface area contributed by atoms with Gasteiger partial charge in [0, 0.05) is 0 Å². The van der Waals surface area contributed by atoms with Crippen molar-refractivity contribution >= 4 is 23.3 Å². The molecule has 0 radical (unpaired) electrons. The van der Waals surface area contributed by atoms with E-state index in [-0.39, 0.29) is 24.1 Å². The van der Waals surface area contributed by atoms with Crippen LogP contribution in [0.15, 0.2) is 0 Å². The number of ketones is 1. The lowest BCUT2D eigenvalue weighted by Gasteiger charge is -2.09. The number of amides is 1. The number of rotatable bonds is 4. The Hall–Kier alpha value is -0.610. The molecule has 0 bridgehead atoms. The van der Waals surface area contributed by atoms with Gasteiger partial charge >= 0.3 is 0 Å². The van der Waals surface area contributed by atoms with Crippen LogP contribution in [0.1, 0.15) is 6.92 Å². The fourth-order valence-electron chi connectivity index (χ4n) is 0.497. The third kappa shape index (κ3) is 3.95. The summed E-state index contributed by atoms with van der Waals surface area (Å²) in [6, 6.07) is -0.538. The first-order valence-electron chi connectivity index (χ1n) is 3.20. The lowest BCUT2D eigenvalue weighted by molar-refractivity contribution is -0.125. The lowest BCUT2D eigenvalue weighted by Crippen LogP contribution is -2.42. The van der Waals surface area contributed by atoms with E-state index in [1.165, 1.54) is 0 Å². The normalized spacial score (nSPS) is 12.3. The molecule has 0 heterocycles. The maximum Gasteiger partial charge on any atom is 0.234 e. The van der Waals surface area contributed by atoms with Crippen LogP contribution in [0.2, 0.25) is 0 Å². The maximum absolute atomic E-state index is 10.8. The number of carbonyl (C=O) groups is 2. The molecule has 0 aliphatic rings. The van der Waals surface area contributed by atoms with E-state index >= 15 is 0 Å². The molecule has 0 aromatic heterocycles. The number of hydrogen-bond donors (Lipinski definition) is 2. The molecule has 3 N–H and O–H groups in total. The highest BCUT2D eigenvalue weighted by molar-refractivity contribution is 6.28. The van der Waals surface area contributed by atoms with Gasteiger partial charge in [0.15, 0.2) is 5.78 Å². The molecule has 1 atom stereocenters. The van der Waals surface area contributed by atoms with Crippen molar-refractivity contribution in [2.45, 2.75) is 13.0 Å². The van der Waals surface area contributed by atoms with Gasteiger partial charge in [-0.2, -0.15) is 0 Å². The third-order valence-electron chi connectivity index (χ3n) is 1.18. The summed E-state index contributed by atoms with van der Waals surface area (Å²) in [7, 11) is 0.